The maximum absolute atomic E-state index is 12.3. The summed E-state index contributed by atoms with van der Waals surface area (Å²) in [5.41, 5.74) is -1.45. The molecule has 0 saturated carbocycles. The van der Waals surface area contributed by atoms with E-state index in [0.29, 0.717) is 12.2 Å². The van der Waals surface area contributed by atoms with Crippen molar-refractivity contribution in [1.29, 1.82) is 0 Å². The number of benzene rings is 1. The Morgan fingerprint density at radius 1 is 1.07 bits per heavy atom. The van der Waals surface area contributed by atoms with Gasteiger partial charge in [0.2, 0.25) is 0 Å². The number of ether oxygens (including phenoxy) is 2. The van der Waals surface area contributed by atoms with Crippen LogP contribution in [-0.4, -0.2) is 34.6 Å². The van der Waals surface area contributed by atoms with Crippen LogP contribution < -0.4 is 15.4 Å². The molecule has 1 aromatic carbocycles. The van der Waals surface area contributed by atoms with E-state index in [1.807, 2.05) is 45.0 Å². The van der Waals surface area contributed by atoms with Crippen LogP contribution in [0.3, 0.4) is 0 Å². The molecule has 0 spiro atoms. The quantitative estimate of drug-likeness (QED) is 0.551. The number of rotatable bonds is 7. The monoisotopic (exact) mass is 390 g/mol. The van der Waals surface area contributed by atoms with Gasteiger partial charge in [-0.15, -0.1) is 0 Å². The van der Waals surface area contributed by atoms with E-state index in [2.05, 4.69) is 10.6 Å². The van der Waals surface area contributed by atoms with Gasteiger partial charge in [-0.3, -0.25) is 10.1 Å². The molecule has 7 nitrogen and oxygen atoms in total. The maximum atomic E-state index is 12.3. The minimum atomic E-state index is -1.10. The number of urea groups is 1. The summed E-state index contributed by atoms with van der Waals surface area (Å²) in [4.78, 5) is 35.4. The summed E-state index contributed by atoms with van der Waals surface area (Å²) in [5, 5.41) is 4.93. The lowest BCUT2D eigenvalue weighted by atomic mass is 9.94. The molecular weight excluding hydrogens is 360 g/mol. The Hall–Kier alpha value is -2.57. The van der Waals surface area contributed by atoms with E-state index >= 15 is 0 Å². The normalized spacial score (nSPS) is 19.8. The molecular formula is C21H30N2O5. The summed E-state index contributed by atoms with van der Waals surface area (Å²) < 4.78 is 11.2. The number of aryl methyl sites for hydroxylation is 1. The van der Waals surface area contributed by atoms with Gasteiger partial charge in [-0.2, -0.15) is 0 Å². The summed E-state index contributed by atoms with van der Waals surface area (Å²) in [5.74, 6) is -0.131. The predicted octanol–water partition coefficient (Wildman–Crippen LogP) is 3.11. The Morgan fingerprint density at radius 3 is 2.18 bits per heavy atom. The first-order chi connectivity index (χ1) is 12.8. The summed E-state index contributed by atoms with van der Waals surface area (Å²) in [6.45, 7) is 10.5. The molecule has 1 unspecified atom stereocenters. The first-order valence-corrected chi connectivity index (χ1v) is 9.46. The lowest BCUT2D eigenvalue weighted by Crippen LogP contribution is -2.43. The fourth-order valence-corrected chi connectivity index (χ4v) is 2.86. The number of hydrogen-bond donors (Lipinski definition) is 2. The van der Waals surface area contributed by atoms with Crippen molar-refractivity contribution in [2.24, 2.45) is 0 Å². The zero-order valence-electron chi connectivity index (χ0n) is 17.5. The fraction of sp³-hybridized carbons (Fsp3) is 0.571. The topological polar surface area (TPSA) is 93.7 Å². The van der Waals surface area contributed by atoms with Gasteiger partial charge in [0, 0.05) is 0 Å². The van der Waals surface area contributed by atoms with Crippen LogP contribution in [0.15, 0.2) is 24.3 Å². The SMILES string of the molecule is CC(C)(C)OC(=O)C(C)(C)Oc1ccc(CCCC2(C)NC(=O)NC2=O)cc1. The number of esters is 1. The van der Waals surface area contributed by atoms with Crippen molar-refractivity contribution in [3.63, 3.8) is 0 Å². The van der Waals surface area contributed by atoms with Crippen molar-refractivity contribution in [2.45, 2.75) is 77.5 Å². The minimum absolute atomic E-state index is 0.286. The molecule has 154 valence electrons. The Labute approximate surface area is 166 Å². The van der Waals surface area contributed by atoms with Crippen molar-refractivity contribution < 1.29 is 23.9 Å². The third-order valence-corrected chi connectivity index (χ3v) is 4.45. The van der Waals surface area contributed by atoms with E-state index in [4.69, 9.17) is 9.47 Å². The second-order valence-corrected chi connectivity index (χ2v) is 8.85. The minimum Gasteiger partial charge on any atom is -0.476 e. The molecule has 7 heteroatoms. The number of imide groups is 1. The highest BCUT2D eigenvalue weighted by Crippen LogP contribution is 2.24. The molecule has 0 radical (unpaired) electrons. The first-order valence-electron chi connectivity index (χ1n) is 9.46. The molecule has 1 aliphatic heterocycles. The molecule has 3 amide bonds. The average Bonchev–Trinajstić information content (AvgIpc) is 2.79. The molecule has 1 fully saturated rings. The van der Waals surface area contributed by atoms with Crippen LogP contribution in [-0.2, 0) is 20.7 Å². The second kappa shape index (κ2) is 7.81. The van der Waals surface area contributed by atoms with E-state index in [1.54, 1.807) is 20.8 Å². The third kappa shape index (κ3) is 5.71. The fourth-order valence-electron chi connectivity index (χ4n) is 2.86. The molecule has 2 N–H and O–H groups in total. The van der Waals surface area contributed by atoms with E-state index in [9.17, 15) is 14.4 Å². The highest BCUT2D eigenvalue weighted by molar-refractivity contribution is 6.06. The van der Waals surface area contributed by atoms with Gasteiger partial charge in [-0.25, -0.2) is 9.59 Å². The largest absolute Gasteiger partial charge is 0.476 e. The lowest BCUT2D eigenvalue weighted by Gasteiger charge is -2.29. The molecule has 0 aliphatic carbocycles. The lowest BCUT2D eigenvalue weighted by molar-refractivity contribution is -0.170. The number of nitrogens with one attached hydrogen (secondary N) is 2. The highest BCUT2D eigenvalue weighted by atomic mass is 16.6. The van der Waals surface area contributed by atoms with Gasteiger partial charge >= 0.3 is 12.0 Å². The standard InChI is InChI=1S/C21H30N2O5/c1-19(2,3)28-17(25)20(4,5)27-15-11-9-14(10-12-15)8-7-13-21(6)16(24)22-18(26)23-21/h9-12H,7-8,13H2,1-6H3,(H2,22,23,24,26). The third-order valence-electron chi connectivity index (χ3n) is 4.45. The molecule has 1 aliphatic rings. The Balaban J connectivity index is 1.88. The van der Waals surface area contributed by atoms with Gasteiger partial charge in [0.1, 0.15) is 16.9 Å². The molecule has 1 aromatic rings. The van der Waals surface area contributed by atoms with Gasteiger partial charge in [0.25, 0.3) is 5.91 Å². The summed E-state index contributed by atoms with van der Waals surface area (Å²) >= 11 is 0. The van der Waals surface area contributed by atoms with Crippen molar-refractivity contribution in [3.8, 4) is 5.75 Å². The number of carbonyl (C=O) groups is 3. The Kier molecular flexibility index (Phi) is 6.06. The predicted molar refractivity (Wildman–Crippen MR) is 105 cm³/mol. The molecule has 1 saturated heterocycles. The zero-order valence-corrected chi connectivity index (χ0v) is 17.5. The number of hydrogen-bond acceptors (Lipinski definition) is 5. The number of carbonyl (C=O) groups excluding carboxylic acids is 3. The molecule has 1 heterocycles. The smallest absolute Gasteiger partial charge is 0.350 e. The molecule has 0 aromatic heterocycles. The van der Waals surface area contributed by atoms with Crippen molar-refractivity contribution in [3.05, 3.63) is 29.8 Å². The maximum Gasteiger partial charge on any atom is 0.350 e. The van der Waals surface area contributed by atoms with E-state index in [-0.39, 0.29) is 5.91 Å². The van der Waals surface area contributed by atoms with Crippen molar-refractivity contribution >= 4 is 17.9 Å². The molecule has 0 bridgehead atoms. The van der Waals surface area contributed by atoms with Gasteiger partial charge in [-0.1, -0.05) is 12.1 Å². The van der Waals surface area contributed by atoms with Crippen LogP contribution in [0.5, 0.6) is 5.75 Å². The van der Waals surface area contributed by atoms with E-state index < -0.39 is 28.7 Å². The van der Waals surface area contributed by atoms with Crippen LogP contribution in [0, 0.1) is 0 Å². The van der Waals surface area contributed by atoms with Crippen LogP contribution >= 0.6 is 0 Å². The zero-order chi connectivity index (χ0) is 21.2. The van der Waals surface area contributed by atoms with E-state index in [0.717, 1.165) is 18.4 Å². The van der Waals surface area contributed by atoms with E-state index in [1.165, 1.54) is 0 Å². The molecule has 1 atom stereocenters. The Bertz CT molecular complexity index is 749. The first kappa shape index (κ1) is 21.7. The summed E-state index contributed by atoms with van der Waals surface area (Å²) in [6, 6.07) is 7.04. The Morgan fingerprint density at radius 2 is 1.68 bits per heavy atom. The van der Waals surface area contributed by atoms with Crippen molar-refractivity contribution in [2.75, 3.05) is 0 Å². The number of amides is 3. The van der Waals surface area contributed by atoms with Gasteiger partial charge in [0.05, 0.1) is 0 Å². The summed E-state index contributed by atoms with van der Waals surface area (Å²) in [6.07, 6.45) is 2.05. The molecule has 2 rings (SSSR count). The second-order valence-electron chi connectivity index (χ2n) is 8.85. The van der Waals surface area contributed by atoms with Crippen molar-refractivity contribution in [1.82, 2.24) is 10.6 Å². The van der Waals surface area contributed by atoms with Crippen LogP contribution in [0.4, 0.5) is 4.79 Å². The highest BCUT2D eigenvalue weighted by Gasteiger charge is 2.41. The van der Waals surface area contributed by atoms with Gasteiger partial charge < -0.3 is 14.8 Å². The van der Waals surface area contributed by atoms with Crippen LogP contribution in [0.2, 0.25) is 0 Å². The van der Waals surface area contributed by atoms with Crippen LogP contribution in [0.25, 0.3) is 0 Å². The summed E-state index contributed by atoms with van der Waals surface area (Å²) in [7, 11) is 0. The molecule has 28 heavy (non-hydrogen) atoms. The average molecular weight is 390 g/mol. The van der Waals surface area contributed by atoms with Gasteiger partial charge in [-0.05, 0) is 78.5 Å². The van der Waals surface area contributed by atoms with Crippen LogP contribution in [0.1, 0.15) is 59.9 Å². The van der Waals surface area contributed by atoms with Gasteiger partial charge in [0.15, 0.2) is 5.60 Å².